The topological polar surface area (TPSA) is 46.3 Å². The molecule has 0 unspecified atom stereocenters. The van der Waals surface area contributed by atoms with Crippen LogP contribution in [0.2, 0.25) is 0 Å². The third kappa shape index (κ3) is 1.25. The Morgan fingerprint density at radius 1 is 0.254 bits per heavy atom. The van der Waals surface area contributed by atoms with Crippen LogP contribution in [0, 0.1) is 0 Å². The quantitative estimate of drug-likeness (QED) is 0.168. The molecule has 3 nitrogen and oxygen atoms in total. The highest BCUT2D eigenvalue weighted by molar-refractivity contribution is 6.82. The predicted octanol–water partition coefficient (Wildman–Crippen LogP) is 15.1. The van der Waals surface area contributed by atoms with E-state index in [0.717, 1.165) is 13.1 Å². The van der Waals surface area contributed by atoms with Gasteiger partial charge in [0.15, 0.2) is 0 Å². The van der Waals surface area contributed by atoms with Gasteiger partial charge in [-0.2, -0.15) is 0 Å². The minimum atomic E-state index is -0.400. The van der Waals surface area contributed by atoms with Gasteiger partial charge in [0.1, 0.15) is 0 Å². The summed E-state index contributed by atoms with van der Waals surface area (Å²) >= 11 is 0. The molecule has 28 aromatic carbocycles. The van der Waals surface area contributed by atoms with E-state index in [1.165, 1.54) is 0 Å². The SMILES string of the molecule is NCC(=O)N1CC23c4c5c6c7c8c9c(c%10c%11c2c2c4c4c%12c5c5c6c6c8c8c%13c9c9c%10c%10c%11c%11c2c2c4c4c%12c%12c5c5c6c8c6c8c%13c9c9c%10c%10c%11c2c2c4c4c%12c5c6c5c8c9c%10c2c45)C73C1. The highest BCUT2D eigenvalue weighted by atomic mass is 16.2. The Bertz CT molecular complexity index is 6530. The van der Waals surface area contributed by atoms with Crippen LogP contribution in [0.3, 0.4) is 0 Å². The standard InChI is InChI=1S/C64H8N2O/c65-1-4(67)66-2-63-59-51-43-33-23-15-7-5-6-9-13-11(7)19-27-21(13)31-25-17(9)18-10(6)14-12-8(5)16(15)24-30-20(12)28-22(14)32-26(18)36-35(25)45-39(31)49-41(27)47(37(43)29(19)23)55(59)57(49)61-53(45)54-46(36)40(32)50-42(28)48-38(30)44(34(24)33)52(51)60(63)56(48)58(50)62(54)64(61,63)3-66/h1-3,65H2. The molecule has 2 N–H and O–H groups in total. The summed E-state index contributed by atoms with van der Waals surface area (Å²) in [6, 6.07) is 0. The number of rotatable bonds is 1. The number of benzene rings is 18. The maximum absolute atomic E-state index is 14.9. The van der Waals surface area contributed by atoms with Crippen molar-refractivity contribution < 1.29 is 4.79 Å². The molecule has 1 heterocycles. The van der Waals surface area contributed by atoms with Crippen LogP contribution >= 0.6 is 0 Å². The fraction of sp³-hybridized carbons (Fsp3) is 0.0781. The van der Waals surface area contributed by atoms with Crippen molar-refractivity contribution in [3.63, 3.8) is 0 Å². The third-order valence-electron chi connectivity index (χ3n) is 25.1. The second kappa shape index (κ2) is 5.36. The average Bonchev–Trinajstić information content (AvgIpc) is 4.19. The summed E-state index contributed by atoms with van der Waals surface area (Å²) in [4.78, 5) is 17.2. The molecule has 4 aliphatic carbocycles. The molecule has 0 radical (unpaired) electrons. The Hall–Kier alpha value is -8.11. The zero-order valence-corrected chi connectivity index (χ0v) is 34.1. The van der Waals surface area contributed by atoms with Gasteiger partial charge in [0.2, 0.25) is 5.91 Å². The van der Waals surface area contributed by atoms with Crippen molar-refractivity contribution in [2.24, 2.45) is 5.73 Å². The van der Waals surface area contributed by atoms with Gasteiger partial charge in [-0.25, -0.2) is 0 Å². The Labute approximate surface area is 363 Å². The fourth-order valence-electron chi connectivity index (χ4n) is 25.1. The number of carbonyl (C=O) groups excluding carboxylic acids is 1. The number of likely N-dealkylation sites (tertiary alicyclic amines) is 1. The molecule has 0 bridgehead atoms. The summed E-state index contributed by atoms with van der Waals surface area (Å²) in [5.41, 5.74) is 12.3. The normalized spacial score (nSPS) is 23.1. The fourth-order valence-corrected chi connectivity index (χ4v) is 25.1. The van der Waals surface area contributed by atoms with Crippen LogP contribution in [-0.4, -0.2) is 30.4 Å². The molecule has 2 spiro atoms. The van der Waals surface area contributed by atoms with Crippen molar-refractivity contribution in [2.75, 3.05) is 19.6 Å². The summed E-state index contributed by atoms with van der Waals surface area (Å²) in [5.74, 6) is 0.122. The van der Waals surface area contributed by atoms with Gasteiger partial charge in [0, 0.05) is 13.1 Å². The second-order valence-electron chi connectivity index (χ2n) is 25.0. The molecule has 0 atom stereocenters. The van der Waals surface area contributed by atoms with Crippen LogP contribution in [0.4, 0.5) is 0 Å². The molecule has 1 fully saturated rings. The van der Waals surface area contributed by atoms with E-state index in [1.54, 1.807) is 313 Å². The van der Waals surface area contributed by atoms with E-state index in [9.17, 15) is 4.79 Å². The van der Waals surface area contributed by atoms with Gasteiger partial charge >= 0.3 is 0 Å². The first-order valence-corrected chi connectivity index (χ1v) is 25.0. The smallest absolute Gasteiger partial charge is 0.236 e. The van der Waals surface area contributed by atoms with Crippen molar-refractivity contribution in [3.8, 4) is 0 Å². The van der Waals surface area contributed by atoms with Crippen molar-refractivity contribution in [1.29, 1.82) is 0 Å². The van der Waals surface area contributed by atoms with Gasteiger partial charge in [0.05, 0.1) is 17.4 Å². The minimum absolute atomic E-state index is 0.0606. The van der Waals surface area contributed by atoms with Crippen molar-refractivity contribution in [3.05, 3.63) is 22.3 Å². The molecule has 33 rings (SSSR count). The first-order valence-electron chi connectivity index (χ1n) is 25.0. The molecule has 280 valence electrons. The zero-order valence-electron chi connectivity index (χ0n) is 34.1. The lowest BCUT2D eigenvalue weighted by Gasteiger charge is -2.49. The molecule has 67 heavy (non-hydrogen) atoms. The monoisotopic (exact) mass is 820 g/mol. The molecule has 3 heteroatoms. The molecular formula is C64H8N2O. The Kier molecular flexibility index (Phi) is 1.96. The summed E-state index contributed by atoms with van der Waals surface area (Å²) in [5, 5.41) is 87.2. The number of nitrogens with two attached hydrogens (primary N) is 1. The first-order chi connectivity index (χ1) is 33.3. The van der Waals surface area contributed by atoms with Gasteiger partial charge in [-0.3, -0.25) is 4.79 Å². The lowest BCUT2D eigenvalue weighted by Crippen LogP contribution is -2.51. The third-order valence-corrected chi connectivity index (χ3v) is 25.1. The number of nitrogens with zero attached hydrogens (tertiary/aromatic N) is 1. The van der Waals surface area contributed by atoms with Crippen molar-refractivity contribution in [1.82, 2.24) is 4.90 Å². The maximum Gasteiger partial charge on any atom is 0.236 e. The zero-order chi connectivity index (χ0) is 39.8. The highest BCUT2D eigenvalue weighted by Crippen LogP contribution is 2.85. The van der Waals surface area contributed by atoms with E-state index in [0.29, 0.717) is 0 Å². The largest absolute Gasteiger partial charge is 0.339 e. The van der Waals surface area contributed by atoms with E-state index in [1.807, 2.05) is 0 Å². The summed E-state index contributed by atoms with van der Waals surface area (Å²) in [7, 11) is 0. The number of amides is 1. The van der Waals surface area contributed by atoms with Crippen LogP contribution in [0.1, 0.15) is 22.3 Å². The number of carbonyl (C=O) groups is 1. The molecule has 0 aromatic heterocycles. The average molecular weight is 821 g/mol. The molecule has 1 saturated heterocycles. The van der Waals surface area contributed by atoms with E-state index < -0.39 is 10.8 Å². The number of hydrogen-bond donors (Lipinski definition) is 1. The molecule has 1 amide bonds. The van der Waals surface area contributed by atoms with E-state index >= 15 is 0 Å². The van der Waals surface area contributed by atoms with Crippen molar-refractivity contribution >= 4 is 297 Å². The Balaban J connectivity index is 1.23. The van der Waals surface area contributed by atoms with Gasteiger partial charge < -0.3 is 10.6 Å². The predicted molar refractivity (Wildman–Crippen MR) is 280 cm³/mol. The van der Waals surface area contributed by atoms with Crippen LogP contribution in [0.15, 0.2) is 0 Å². The Morgan fingerprint density at radius 2 is 0.373 bits per heavy atom. The maximum atomic E-state index is 14.9. The van der Waals surface area contributed by atoms with Gasteiger partial charge in [-0.1, -0.05) is 0 Å². The molecule has 0 saturated carbocycles. The van der Waals surface area contributed by atoms with E-state index in [2.05, 4.69) is 4.90 Å². The van der Waals surface area contributed by atoms with Crippen LogP contribution in [-0.2, 0) is 15.6 Å². The van der Waals surface area contributed by atoms with Crippen LogP contribution in [0.25, 0.3) is 291 Å². The molecular weight excluding hydrogens is 813 g/mol. The minimum Gasteiger partial charge on any atom is -0.339 e. The molecule has 28 aromatic rings. The van der Waals surface area contributed by atoms with Gasteiger partial charge in [-0.15, -0.1) is 0 Å². The van der Waals surface area contributed by atoms with E-state index in [4.69, 9.17) is 5.73 Å². The lowest BCUT2D eigenvalue weighted by molar-refractivity contribution is -0.128. The van der Waals surface area contributed by atoms with E-state index in [-0.39, 0.29) is 12.5 Å². The van der Waals surface area contributed by atoms with Gasteiger partial charge in [-0.05, 0) is 313 Å². The van der Waals surface area contributed by atoms with Crippen molar-refractivity contribution in [2.45, 2.75) is 10.8 Å². The summed E-state index contributed by atoms with van der Waals surface area (Å²) in [6.45, 7) is 1.50. The highest BCUT2D eigenvalue weighted by Gasteiger charge is 2.73. The summed E-state index contributed by atoms with van der Waals surface area (Å²) in [6.07, 6.45) is 0. The van der Waals surface area contributed by atoms with Gasteiger partial charge in [0.25, 0.3) is 0 Å². The van der Waals surface area contributed by atoms with Crippen LogP contribution < -0.4 is 5.73 Å². The van der Waals surface area contributed by atoms with Crippen LogP contribution in [0.5, 0.6) is 0 Å². The Morgan fingerprint density at radius 3 is 0.493 bits per heavy atom. The number of hydrogen-bond acceptors (Lipinski definition) is 2. The molecule has 5 aliphatic rings. The lowest BCUT2D eigenvalue weighted by atomic mass is 9.50. The first kappa shape index (κ1) is 24.4. The summed E-state index contributed by atoms with van der Waals surface area (Å²) < 4.78 is 0. The molecule has 1 aliphatic heterocycles. The second-order valence-corrected chi connectivity index (χ2v) is 25.0.